The summed E-state index contributed by atoms with van der Waals surface area (Å²) in [5, 5.41) is 11.0. The van der Waals surface area contributed by atoms with E-state index < -0.39 is 6.10 Å². The molecule has 0 radical (unpaired) electrons. The van der Waals surface area contributed by atoms with Crippen LogP contribution in [0, 0.1) is 0 Å². The lowest BCUT2D eigenvalue weighted by Crippen LogP contribution is -2.00. The van der Waals surface area contributed by atoms with Crippen LogP contribution in [0.1, 0.15) is 17.2 Å². The third-order valence-corrected chi connectivity index (χ3v) is 4.26. The number of hydrogen-bond donors (Lipinski definition) is 1. The van der Waals surface area contributed by atoms with Gasteiger partial charge in [-0.3, -0.25) is 0 Å². The molecule has 0 spiro atoms. The largest absolute Gasteiger partial charge is 0.384 e. The minimum absolute atomic E-state index is 0.373. The average Bonchev–Trinajstić information content (AvgIpc) is 2.36. The predicted octanol–water partition coefficient (Wildman–Crippen LogP) is 4.84. The van der Waals surface area contributed by atoms with Gasteiger partial charge in [-0.1, -0.05) is 59.6 Å². The molecule has 0 aliphatic carbocycles. The SMILES string of the molecule is OC(c1ccccc1)c1ccc(Br)c(Cl)c1Cl. The average molecular weight is 332 g/mol. The van der Waals surface area contributed by atoms with E-state index in [-0.39, 0.29) is 0 Å². The van der Waals surface area contributed by atoms with E-state index in [2.05, 4.69) is 15.9 Å². The highest BCUT2D eigenvalue weighted by atomic mass is 79.9. The predicted molar refractivity (Wildman–Crippen MR) is 74.7 cm³/mol. The van der Waals surface area contributed by atoms with Gasteiger partial charge in [0.05, 0.1) is 10.0 Å². The maximum absolute atomic E-state index is 10.2. The Bertz CT molecular complexity index is 528. The minimum Gasteiger partial charge on any atom is -0.384 e. The molecule has 2 aromatic carbocycles. The molecular formula is C13H9BrCl2O. The number of benzene rings is 2. The van der Waals surface area contributed by atoms with E-state index in [4.69, 9.17) is 23.2 Å². The first kappa shape index (κ1) is 12.9. The van der Waals surface area contributed by atoms with Crippen LogP contribution in [-0.2, 0) is 0 Å². The van der Waals surface area contributed by atoms with Crippen molar-refractivity contribution in [2.75, 3.05) is 0 Å². The number of aliphatic hydroxyl groups excluding tert-OH is 1. The molecule has 1 unspecified atom stereocenters. The topological polar surface area (TPSA) is 20.2 Å². The van der Waals surface area contributed by atoms with Crippen molar-refractivity contribution in [3.63, 3.8) is 0 Å². The van der Waals surface area contributed by atoms with E-state index in [1.807, 2.05) is 30.3 Å². The number of rotatable bonds is 2. The zero-order valence-corrected chi connectivity index (χ0v) is 11.8. The van der Waals surface area contributed by atoms with E-state index in [1.54, 1.807) is 12.1 Å². The fourth-order valence-corrected chi connectivity index (χ4v) is 2.45. The molecule has 0 bridgehead atoms. The molecule has 0 aromatic heterocycles. The monoisotopic (exact) mass is 330 g/mol. The minimum atomic E-state index is -0.769. The molecule has 2 rings (SSSR count). The lowest BCUT2D eigenvalue weighted by Gasteiger charge is -2.14. The van der Waals surface area contributed by atoms with Crippen LogP contribution in [0.25, 0.3) is 0 Å². The Morgan fingerprint density at radius 1 is 0.941 bits per heavy atom. The summed E-state index contributed by atoms with van der Waals surface area (Å²) >= 11 is 15.4. The van der Waals surface area contributed by atoms with Gasteiger partial charge in [-0.25, -0.2) is 0 Å². The van der Waals surface area contributed by atoms with E-state index in [0.717, 1.165) is 5.56 Å². The van der Waals surface area contributed by atoms with Crippen LogP contribution < -0.4 is 0 Å². The summed E-state index contributed by atoms with van der Waals surface area (Å²) in [5.41, 5.74) is 1.39. The molecule has 0 aliphatic heterocycles. The zero-order valence-electron chi connectivity index (χ0n) is 8.70. The molecular weight excluding hydrogens is 323 g/mol. The summed E-state index contributed by atoms with van der Waals surface area (Å²) in [6.45, 7) is 0. The summed E-state index contributed by atoms with van der Waals surface area (Å²) in [4.78, 5) is 0. The first-order valence-corrected chi connectivity index (χ1v) is 6.52. The molecule has 0 heterocycles. The smallest absolute Gasteiger partial charge is 0.106 e. The maximum Gasteiger partial charge on any atom is 0.106 e. The molecule has 1 nitrogen and oxygen atoms in total. The van der Waals surface area contributed by atoms with Crippen LogP contribution >= 0.6 is 39.1 Å². The normalized spacial score (nSPS) is 12.5. The quantitative estimate of drug-likeness (QED) is 0.781. The number of aliphatic hydroxyl groups is 1. The first-order valence-electron chi connectivity index (χ1n) is 4.97. The number of hydrogen-bond acceptors (Lipinski definition) is 1. The van der Waals surface area contributed by atoms with Crippen molar-refractivity contribution in [2.24, 2.45) is 0 Å². The van der Waals surface area contributed by atoms with Gasteiger partial charge in [0.15, 0.2) is 0 Å². The summed E-state index contributed by atoms with van der Waals surface area (Å²) < 4.78 is 0.716. The van der Waals surface area contributed by atoms with Crippen molar-refractivity contribution >= 4 is 39.1 Å². The van der Waals surface area contributed by atoms with E-state index >= 15 is 0 Å². The van der Waals surface area contributed by atoms with Gasteiger partial charge in [-0.2, -0.15) is 0 Å². The zero-order chi connectivity index (χ0) is 12.4. The first-order chi connectivity index (χ1) is 8.11. The summed E-state index contributed by atoms with van der Waals surface area (Å²) in [6, 6.07) is 12.9. The Hall–Kier alpha value is -0.540. The van der Waals surface area contributed by atoms with E-state index in [1.165, 1.54) is 0 Å². The highest BCUT2D eigenvalue weighted by Crippen LogP contribution is 2.37. The van der Waals surface area contributed by atoms with Gasteiger partial charge >= 0.3 is 0 Å². The summed E-state index contributed by atoms with van der Waals surface area (Å²) in [5.74, 6) is 0. The Morgan fingerprint density at radius 2 is 1.59 bits per heavy atom. The fourth-order valence-electron chi connectivity index (χ4n) is 1.57. The second-order valence-electron chi connectivity index (χ2n) is 3.58. The van der Waals surface area contributed by atoms with Crippen molar-refractivity contribution in [3.8, 4) is 0 Å². The lowest BCUT2D eigenvalue weighted by atomic mass is 10.0. The molecule has 0 fully saturated rings. The Balaban J connectivity index is 2.45. The van der Waals surface area contributed by atoms with Gasteiger partial charge in [0.1, 0.15) is 6.10 Å². The van der Waals surface area contributed by atoms with Gasteiger partial charge in [-0.15, -0.1) is 0 Å². The van der Waals surface area contributed by atoms with Crippen LogP contribution in [0.5, 0.6) is 0 Å². The molecule has 0 aliphatic rings. The van der Waals surface area contributed by atoms with Crippen LogP contribution in [0.2, 0.25) is 10.0 Å². The Labute approximate surface area is 118 Å². The van der Waals surface area contributed by atoms with Gasteiger partial charge in [0.25, 0.3) is 0 Å². The molecule has 1 N–H and O–H groups in total. The van der Waals surface area contributed by atoms with E-state index in [0.29, 0.717) is 20.1 Å². The van der Waals surface area contributed by atoms with Crippen LogP contribution in [0.3, 0.4) is 0 Å². The van der Waals surface area contributed by atoms with Gasteiger partial charge < -0.3 is 5.11 Å². The highest BCUT2D eigenvalue weighted by molar-refractivity contribution is 9.10. The van der Waals surface area contributed by atoms with Crippen molar-refractivity contribution in [1.29, 1.82) is 0 Å². The summed E-state index contributed by atoms with van der Waals surface area (Å²) in [7, 11) is 0. The standard InChI is InChI=1S/C13H9BrCl2O/c14-10-7-6-9(11(15)12(10)16)13(17)8-4-2-1-3-5-8/h1-7,13,17H. The molecule has 17 heavy (non-hydrogen) atoms. The van der Waals surface area contributed by atoms with Crippen molar-refractivity contribution < 1.29 is 5.11 Å². The van der Waals surface area contributed by atoms with Gasteiger partial charge in [0, 0.05) is 10.0 Å². The Morgan fingerprint density at radius 3 is 2.24 bits per heavy atom. The fraction of sp³-hybridized carbons (Fsp3) is 0.0769. The van der Waals surface area contributed by atoms with Crippen molar-refractivity contribution in [1.82, 2.24) is 0 Å². The second-order valence-corrected chi connectivity index (χ2v) is 5.19. The van der Waals surface area contributed by atoms with Crippen LogP contribution in [0.15, 0.2) is 46.9 Å². The third-order valence-electron chi connectivity index (χ3n) is 2.47. The third kappa shape index (κ3) is 2.66. The van der Waals surface area contributed by atoms with Crippen molar-refractivity contribution in [3.05, 3.63) is 68.1 Å². The molecule has 1 atom stereocenters. The molecule has 4 heteroatoms. The Kier molecular flexibility index (Phi) is 4.10. The van der Waals surface area contributed by atoms with E-state index in [9.17, 15) is 5.11 Å². The molecule has 88 valence electrons. The van der Waals surface area contributed by atoms with Gasteiger partial charge in [0.2, 0.25) is 0 Å². The molecule has 2 aromatic rings. The maximum atomic E-state index is 10.2. The molecule has 0 saturated heterocycles. The van der Waals surface area contributed by atoms with Crippen LogP contribution in [-0.4, -0.2) is 5.11 Å². The molecule has 0 saturated carbocycles. The summed E-state index contributed by atoms with van der Waals surface area (Å²) in [6.07, 6.45) is -0.769. The highest BCUT2D eigenvalue weighted by Gasteiger charge is 2.16. The van der Waals surface area contributed by atoms with Crippen molar-refractivity contribution in [2.45, 2.75) is 6.10 Å². The van der Waals surface area contributed by atoms with Gasteiger partial charge in [-0.05, 0) is 27.6 Å². The van der Waals surface area contributed by atoms with Crippen LogP contribution in [0.4, 0.5) is 0 Å². The molecule has 0 amide bonds. The number of halogens is 3. The lowest BCUT2D eigenvalue weighted by molar-refractivity contribution is 0.220. The second kappa shape index (κ2) is 5.40.